The van der Waals surface area contributed by atoms with Gasteiger partial charge in [0.05, 0.1) is 0 Å². The molecular weight excluding hydrogens is 340 g/mol. The molecule has 0 aromatic heterocycles. The normalized spacial score (nSPS) is 9.50. The summed E-state index contributed by atoms with van der Waals surface area (Å²) in [5.41, 5.74) is 0. The molecule has 0 aliphatic heterocycles. The zero-order valence-corrected chi connectivity index (χ0v) is 11.4. The molecule has 0 saturated heterocycles. The van der Waals surface area contributed by atoms with Gasteiger partial charge in [-0.15, -0.1) is 0 Å². The monoisotopic (exact) mass is 348 g/mol. The molecule has 0 heterocycles. The van der Waals surface area contributed by atoms with Gasteiger partial charge in [0.2, 0.25) is 0 Å². The van der Waals surface area contributed by atoms with Crippen LogP contribution in [0.15, 0.2) is 0 Å². The second-order valence-electron chi connectivity index (χ2n) is 3.74. The van der Waals surface area contributed by atoms with Crippen molar-refractivity contribution in [3.05, 3.63) is 0 Å². The molecule has 0 aromatic rings. The third kappa shape index (κ3) is 4.86. The van der Waals surface area contributed by atoms with Crippen molar-refractivity contribution in [1.82, 2.24) is 9.80 Å². The Hall–Kier alpha value is -3.84. The lowest BCUT2D eigenvalue weighted by molar-refractivity contribution is -0.168. The average Bonchev–Trinajstić information content (AvgIpc) is 2.48. The van der Waals surface area contributed by atoms with Crippen molar-refractivity contribution in [1.29, 1.82) is 0 Å². The minimum Gasteiger partial charge on any atom is -0.474 e. The molecule has 0 atom stereocenters. The fourth-order valence-electron chi connectivity index (χ4n) is 1.25. The highest BCUT2D eigenvalue weighted by atomic mass is 16.4. The van der Waals surface area contributed by atoms with Gasteiger partial charge in [0.25, 0.3) is 0 Å². The summed E-state index contributed by atoms with van der Waals surface area (Å²) in [4.78, 5) is 86.2. The van der Waals surface area contributed by atoms with E-state index in [2.05, 4.69) is 0 Å². The molecule has 0 aliphatic rings. The van der Waals surface area contributed by atoms with Gasteiger partial charge in [-0.3, -0.25) is 29.0 Å². The summed E-state index contributed by atoms with van der Waals surface area (Å²) in [6.07, 6.45) is 0. The summed E-state index contributed by atoms with van der Waals surface area (Å²) in [6.45, 7) is -2.51. The maximum Gasteiger partial charge on any atom is 0.395 e. The number of carboxylic acids is 4. The van der Waals surface area contributed by atoms with Crippen molar-refractivity contribution in [2.75, 3.05) is 13.1 Å². The number of imide groups is 2. The average molecular weight is 348 g/mol. The standard InChI is InChI=1S/C10H8N2O12/c13-3(7(17)18)11(4(14)8(19)20)1-2-12(5(15)9(21)22)6(16)10(23)24/h1-2H2,(H,17,18)(H,19,20)(H,21,22)(H,23,24). The summed E-state index contributed by atoms with van der Waals surface area (Å²) >= 11 is 0. The summed E-state index contributed by atoms with van der Waals surface area (Å²) in [6, 6.07) is 0. The summed E-state index contributed by atoms with van der Waals surface area (Å²) in [7, 11) is 0. The molecule has 0 saturated carbocycles. The molecule has 14 nitrogen and oxygen atoms in total. The van der Waals surface area contributed by atoms with Crippen LogP contribution in [0.3, 0.4) is 0 Å². The number of amides is 4. The Kier molecular flexibility index (Phi) is 6.69. The van der Waals surface area contributed by atoms with Gasteiger partial charge in [-0.25, -0.2) is 19.2 Å². The van der Waals surface area contributed by atoms with Crippen LogP contribution in [0.2, 0.25) is 0 Å². The molecule has 4 amide bonds. The SMILES string of the molecule is O=C(O)C(=O)N(CCN(C(=O)C(=O)O)C(=O)C(=O)O)C(=O)C(=O)O. The Bertz CT molecular complexity index is 542. The number of rotatable bonds is 3. The fraction of sp³-hybridized carbons (Fsp3) is 0.200. The van der Waals surface area contributed by atoms with Crippen molar-refractivity contribution in [3.8, 4) is 0 Å². The van der Waals surface area contributed by atoms with Crippen molar-refractivity contribution in [2.24, 2.45) is 0 Å². The van der Waals surface area contributed by atoms with E-state index in [9.17, 15) is 38.4 Å². The molecule has 0 bridgehead atoms. The van der Waals surface area contributed by atoms with E-state index < -0.39 is 70.4 Å². The molecule has 0 aromatic carbocycles. The Morgan fingerprint density at radius 1 is 0.458 bits per heavy atom. The van der Waals surface area contributed by atoms with Gasteiger partial charge >= 0.3 is 47.5 Å². The highest BCUT2D eigenvalue weighted by molar-refractivity contribution is 6.43. The van der Waals surface area contributed by atoms with Crippen molar-refractivity contribution in [3.63, 3.8) is 0 Å². The van der Waals surface area contributed by atoms with Gasteiger partial charge in [0, 0.05) is 13.1 Å². The number of hydrogen-bond donors (Lipinski definition) is 4. The van der Waals surface area contributed by atoms with Gasteiger partial charge in [0.15, 0.2) is 0 Å². The minimum atomic E-state index is -2.26. The van der Waals surface area contributed by atoms with Crippen LogP contribution in [0, 0.1) is 0 Å². The molecule has 0 rings (SSSR count). The summed E-state index contributed by atoms with van der Waals surface area (Å²) < 4.78 is 0. The summed E-state index contributed by atoms with van der Waals surface area (Å²) in [5, 5.41) is 33.9. The van der Waals surface area contributed by atoms with Crippen LogP contribution in [0.5, 0.6) is 0 Å². The summed E-state index contributed by atoms with van der Waals surface area (Å²) in [5.74, 6) is -17.2. The maximum absolute atomic E-state index is 11.2. The van der Waals surface area contributed by atoms with Crippen LogP contribution in [0.25, 0.3) is 0 Å². The van der Waals surface area contributed by atoms with E-state index >= 15 is 0 Å². The number of hydrogen-bond acceptors (Lipinski definition) is 8. The van der Waals surface area contributed by atoms with Crippen LogP contribution in [0.1, 0.15) is 0 Å². The van der Waals surface area contributed by atoms with E-state index in [4.69, 9.17) is 20.4 Å². The van der Waals surface area contributed by atoms with Crippen LogP contribution >= 0.6 is 0 Å². The van der Waals surface area contributed by atoms with Gasteiger partial charge < -0.3 is 20.4 Å². The Morgan fingerprint density at radius 3 is 0.750 bits per heavy atom. The first kappa shape index (κ1) is 20.2. The van der Waals surface area contributed by atoms with Crippen LogP contribution in [0.4, 0.5) is 0 Å². The lowest BCUT2D eigenvalue weighted by Gasteiger charge is -2.21. The van der Waals surface area contributed by atoms with E-state index in [0.717, 1.165) is 0 Å². The lowest BCUT2D eigenvalue weighted by atomic mass is 10.3. The van der Waals surface area contributed by atoms with Crippen molar-refractivity contribution >= 4 is 47.5 Å². The highest BCUT2D eigenvalue weighted by Crippen LogP contribution is 1.99. The van der Waals surface area contributed by atoms with Gasteiger partial charge in [-0.05, 0) is 0 Å². The highest BCUT2D eigenvalue weighted by Gasteiger charge is 2.35. The first-order valence-electron chi connectivity index (χ1n) is 5.55. The van der Waals surface area contributed by atoms with Crippen LogP contribution in [-0.4, -0.2) is 90.8 Å². The lowest BCUT2D eigenvalue weighted by Crippen LogP contribution is -2.52. The number of carbonyl (C=O) groups excluding carboxylic acids is 4. The molecule has 0 radical (unpaired) electrons. The Labute approximate surface area is 130 Å². The van der Waals surface area contributed by atoms with E-state index in [1.807, 2.05) is 0 Å². The number of aliphatic carboxylic acids is 4. The van der Waals surface area contributed by atoms with Crippen molar-refractivity contribution < 1.29 is 58.8 Å². The van der Waals surface area contributed by atoms with E-state index in [0.29, 0.717) is 0 Å². The molecule has 24 heavy (non-hydrogen) atoms. The van der Waals surface area contributed by atoms with Crippen LogP contribution < -0.4 is 0 Å². The number of carbonyl (C=O) groups is 8. The first-order valence-corrected chi connectivity index (χ1v) is 5.55. The molecule has 14 heteroatoms. The molecule has 0 fully saturated rings. The zero-order chi connectivity index (χ0) is 19.2. The van der Waals surface area contributed by atoms with Gasteiger partial charge in [-0.2, -0.15) is 0 Å². The van der Waals surface area contributed by atoms with E-state index in [-0.39, 0.29) is 0 Å². The molecular formula is C10H8N2O12. The first-order chi connectivity index (χ1) is 10.9. The Balaban J connectivity index is 5.52. The van der Waals surface area contributed by atoms with E-state index in [1.165, 1.54) is 0 Å². The maximum atomic E-state index is 11.2. The second kappa shape index (κ2) is 7.97. The quantitative estimate of drug-likeness (QED) is 0.358. The molecule has 130 valence electrons. The molecule has 0 spiro atoms. The predicted molar refractivity (Wildman–Crippen MR) is 64.0 cm³/mol. The Morgan fingerprint density at radius 2 is 0.625 bits per heavy atom. The van der Waals surface area contributed by atoms with Crippen molar-refractivity contribution in [2.45, 2.75) is 0 Å². The predicted octanol–water partition coefficient (Wildman–Crippen LogP) is -3.96. The molecule has 0 aliphatic carbocycles. The van der Waals surface area contributed by atoms with Gasteiger partial charge in [0.1, 0.15) is 0 Å². The third-order valence-corrected chi connectivity index (χ3v) is 2.26. The zero-order valence-electron chi connectivity index (χ0n) is 11.4. The van der Waals surface area contributed by atoms with Gasteiger partial charge in [-0.1, -0.05) is 0 Å². The van der Waals surface area contributed by atoms with Crippen LogP contribution in [-0.2, 0) is 38.4 Å². The topological polar surface area (TPSA) is 224 Å². The minimum absolute atomic E-state index is 0.415. The fourth-order valence-corrected chi connectivity index (χ4v) is 1.25. The third-order valence-electron chi connectivity index (χ3n) is 2.26. The smallest absolute Gasteiger partial charge is 0.395 e. The second-order valence-corrected chi connectivity index (χ2v) is 3.74. The molecule has 0 unspecified atom stereocenters. The molecule has 4 N–H and O–H groups in total. The number of nitrogens with zero attached hydrogens (tertiary/aromatic N) is 2. The van der Waals surface area contributed by atoms with E-state index in [1.54, 1.807) is 0 Å². The largest absolute Gasteiger partial charge is 0.474 e. The number of carboxylic acid groups (broad SMARTS) is 4.